The van der Waals surface area contributed by atoms with Gasteiger partial charge in [-0.25, -0.2) is 0 Å². The maximum absolute atomic E-state index is 10.5. The van der Waals surface area contributed by atoms with Crippen LogP contribution in [-0.4, -0.2) is 27.9 Å². The number of carboxylic acid groups (broad SMARTS) is 1. The molecule has 0 amide bonds. The molecule has 0 aromatic heterocycles. The molecule has 0 radical (unpaired) electrons. The first-order valence-corrected chi connectivity index (χ1v) is 4.70. The van der Waals surface area contributed by atoms with E-state index in [1.165, 1.54) is 6.21 Å². The maximum Gasteiger partial charge on any atom is 0.321 e. The van der Waals surface area contributed by atoms with E-state index in [2.05, 4.69) is 5.16 Å². The van der Waals surface area contributed by atoms with E-state index >= 15 is 0 Å². The Morgan fingerprint density at radius 2 is 2.00 bits per heavy atom. The van der Waals surface area contributed by atoms with Gasteiger partial charge in [-0.05, 0) is 17.5 Å². The van der Waals surface area contributed by atoms with Crippen LogP contribution in [0.3, 0.4) is 0 Å². The Hall–Kier alpha value is -1.59. The number of alkyl halides is 1. The molecular formula is C10H12ClN2O3-. The zero-order chi connectivity index (χ0) is 11.3. The molecule has 0 aliphatic rings. The van der Waals surface area contributed by atoms with Gasteiger partial charge in [0, 0.05) is 0 Å². The number of nitrogens with zero attached hydrogens (tertiary/aromatic N) is 1. The van der Waals surface area contributed by atoms with Gasteiger partial charge in [-0.1, -0.05) is 29.4 Å². The lowest BCUT2D eigenvalue weighted by molar-refractivity contribution is -0.136. The summed E-state index contributed by atoms with van der Waals surface area (Å²) in [5, 5.41) is 18.8. The lowest BCUT2D eigenvalue weighted by atomic mass is 10.1. The summed E-state index contributed by atoms with van der Waals surface area (Å²) in [6, 6.07) is 6.94. The summed E-state index contributed by atoms with van der Waals surface area (Å²) in [5.74, 6) is -1.03. The van der Waals surface area contributed by atoms with Gasteiger partial charge in [-0.3, -0.25) is 4.79 Å². The van der Waals surface area contributed by atoms with Gasteiger partial charge in [-0.2, -0.15) is 0 Å². The van der Waals surface area contributed by atoms with Crippen LogP contribution in [0.25, 0.3) is 6.15 Å². The third-order valence-electron chi connectivity index (χ3n) is 1.87. The van der Waals surface area contributed by atoms with Crippen LogP contribution in [0, 0.1) is 0 Å². The van der Waals surface area contributed by atoms with Gasteiger partial charge >= 0.3 is 5.97 Å². The predicted molar refractivity (Wildman–Crippen MR) is 62.1 cm³/mol. The first kappa shape index (κ1) is 14.4. The fourth-order valence-electron chi connectivity index (χ4n) is 1.10. The smallest absolute Gasteiger partial charge is 0.321 e. The van der Waals surface area contributed by atoms with Gasteiger partial charge < -0.3 is 16.5 Å². The second-order valence-electron chi connectivity index (χ2n) is 3.00. The largest absolute Gasteiger partial charge is 0.693 e. The molecule has 0 saturated heterocycles. The number of halogens is 1. The SMILES string of the molecule is O=C(O)C(Cl)Cc1ccc(/C=N/O)cc1.[NH2-]. The third-order valence-corrected chi connectivity index (χ3v) is 2.21. The van der Waals surface area contributed by atoms with Gasteiger partial charge in [0.1, 0.15) is 5.38 Å². The van der Waals surface area contributed by atoms with Crippen LogP contribution in [0.4, 0.5) is 0 Å². The van der Waals surface area contributed by atoms with Crippen LogP contribution < -0.4 is 0 Å². The Kier molecular flexibility index (Phi) is 6.14. The van der Waals surface area contributed by atoms with E-state index in [4.69, 9.17) is 21.9 Å². The summed E-state index contributed by atoms with van der Waals surface area (Å²) in [5.41, 5.74) is 1.56. The molecular weight excluding hydrogens is 232 g/mol. The van der Waals surface area contributed by atoms with Crippen LogP contribution >= 0.6 is 11.6 Å². The van der Waals surface area contributed by atoms with Gasteiger partial charge in [0.25, 0.3) is 0 Å². The Labute approximate surface area is 97.9 Å². The second-order valence-corrected chi connectivity index (χ2v) is 3.52. The number of oxime groups is 1. The van der Waals surface area contributed by atoms with Crippen molar-refractivity contribution < 1.29 is 15.1 Å². The zero-order valence-corrected chi connectivity index (χ0v) is 9.13. The van der Waals surface area contributed by atoms with Crippen molar-refractivity contribution >= 4 is 23.8 Å². The molecule has 0 bridgehead atoms. The van der Waals surface area contributed by atoms with Crippen molar-refractivity contribution in [2.24, 2.45) is 5.16 Å². The summed E-state index contributed by atoms with van der Waals surface area (Å²) in [6.07, 6.45) is 1.56. The Morgan fingerprint density at radius 3 is 2.44 bits per heavy atom. The summed E-state index contributed by atoms with van der Waals surface area (Å²) in [4.78, 5) is 10.5. The minimum absolute atomic E-state index is 0. The van der Waals surface area contributed by atoms with Gasteiger partial charge in [0.2, 0.25) is 0 Å². The van der Waals surface area contributed by atoms with Crippen molar-refractivity contribution in [3.05, 3.63) is 41.5 Å². The Morgan fingerprint density at radius 1 is 1.44 bits per heavy atom. The van der Waals surface area contributed by atoms with Crippen molar-refractivity contribution in [3.63, 3.8) is 0 Å². The number of carboxylic acids is 1. The average Bonchev–Trinajstić information content (AvgIpc) is 2.21. The molecule has 0 spiro atoms. The van der Waals surface area contributed by atoms with E-state index in [0.717, 1.165) is 11.1 Å². The van der Waals surface area contributed by atoms with Crippen LogP contribution in [0.2, 0.25) is 0 Å². The van der Waals surface area contributed by atoms with E-state index in [9.17, 15) is 4.79 Å². The Balaban J connectivity index is 0.00000225. The lowest BCUT2D eigenvalue weighted by Crippen LogP contribution is -2.15. The molecule has 0 fully saturated rings. The van der Waals surface area contributed by atoms with E-state index in [1.807, 2.05) is 0 Å². The van der Waals surface area contributed by atoms with Crippen LogP contribution in [0.5, 0.6) is 0 Å². The number of hydrogen-bond donors (Lipinski definition) is 2. The highest BCUT2D eigenvalue weighted by Crippen LogP contribution is 2.09. The van der Waals surface area contributed by atoms with Crippen molar-refractivity contribution in [1.82, 2.24) is 0 Å². The van der Waals surface area contributed by atoms with Crippen molar-refractivity contribution in [2.75, 3.05) is 0 Å². The fraction of sp³-hybridized carbons (Fsp3) is 0.200. The van der Waals surface area contributed by atoms with Crippen molar-refractivity contribution in [3.8, 4) is 0 Å². The Bertz CT molecular complexity index is 365. The highest BCUT2D eigenvalue weighted by molar-refractivity contribution is 6.29. The van der Waals surface area contributed by atoms with E-state index in [-0.39, 0.29) is 12.6 Å². The standard InChI is InChI=1S/C10H10ClNO3.H2N/c11-9(10(13)14)5-7-1-3-8(4-2-7)6-12-15;/h1-4,6,9,15H,5H2,(H,13,14);1H2/q;-1/b12-6+;. The monoisotopic (exact) mass is 243 g/mol. The molecule has 4 N–H and O–H groups in total. The van der Waals surface area contributed by atoms with E-state index in [0.29, 0.717) is 0 Å². The van der Waals surface area contributed by atoms with E-state index in [1.54, 1.807) is 24.3 Å². The second kappa shape index (κ2) is 6.81. The van der Waals surface area contributed by atoms with Crippen molar-refractivity contribution in [2.45, 2.75) is 11.8 Å². The fourth-order valence-corrected chi connectivity index (χ4v) is 1.28. The molecule has 1 rings (SSSR count). The molecule has 5 nitrogen and oxygen atoms in total. The molecule has 88 valence electrons. The lowest BCUT2D eigenvalue weighted by Gasteiger charge is -2.04. The van der Waals surface area contributed by atoms with Crippen LogP contribution in [-0.2, 0) is 11.2 Å². The first-order chi connectivity index (χ1) is 7.13. The number of nitrogens with two attached hydrogens (primary N) is 1. The molecule has 0 aliphatic heterocycles. The zero-order valence-electron chi connectivity index (χ0n) is 8.38. The summed E-state index contributed by atoms with van der Waals surface area (Å²) < 4.78 is 0. The first-order valence-electron chi connectivity index (χ1n) is 4.26. The van der Waals surface area contributed by atoms with Gasteiger partial charge in [0.15, 0.2) is 0 Å². The molecule has 6 heteroatoms. The minimum Gasteiger partial charge on any atom is -0.693 e. The van der Waals surface area contributed by atoms with Gasteiger partial charge in [0.05, 0.1) is 6.21 Å². The van der Waals surface area contributed by atoms with Gasteiger partial charge in [-0.15, -0.1) is 11.6 Å². The number of benzene rings is 1. The predicted octanol–water partition coefficient (Wildman–Crippen LogP) is 2.45. The molecule has 1 aromatic rings. The molecule has 1 atom stereocenters. The summed E-state index contributed by atoms with van der Waals surface area (Å²) in [7, 11) is 0. The summed E-state index contributed by atoms with van der Waals surface area (Å²) in [6.45, 7) is 0. The maximum atomic E-state index is 10.5. The minimum atomic E-state index is -1.03. The topological polar surface area (TPSA) is 103 Å². The summed E-state index contributed by atoms with van der Waals surface area (Å²) >= 11 is 5.59. The normalized spacial score (nSPS) is 12.1. The highest BCUT2D eigenvalue weighted by atomic mass is 35.5. The highest BCUT2D eigenvalue weighted by Gasteiger charge is 2.13. The number of hydrogen-bond acceptors (Lipinski definition) is 3. The number of carbonyl (C=O) groups is 1. The van der Waals surface area contributed by atoms with Crippen molar-refractivity contribution in [1.29, 1.82) is 0 Å². The third kappa shape index (κ3) is 4.29. The molecule has 16 heavy (non-hydrogen) atoms. The molecule has 0 heterocycles. The number of rotatable bonds is 4. The van der Waals surface area contributed by atoms with E-state index < -0.39 is 11.3 Å². The molecule has 1 unspecified atom stereocenters. The molecule has 0 aliphatic carbocycles. The van der Waals surface area contributed by atoms with Crippen LogP contribution in [0.1, 0.15) is 11.1 Å². The molecule has 0 saturated carbocycles. The number of aliphatic carboxylic acids is 1. The van der Waals surface area contributed by atoms with Crippen LogP contribution in [0.15, 0.2) is 29.4 Å². The average molecular weight is 244 g/mol. The molecule has 1 aromatic carbocycles. The quantitative estimate of drug-likeness (QED) is 0.367.